The van der Waals surface area contributed by atoms with Gasteiger partial charge >= 0.3 is 0 Å². The van der Waals surface area contributed by atoms with Crippen LogP contribution in [-0.4, -0.2) is 42.6 Å². The number of hydrogen-bond donors (Lipinski definition) is 1. The monoisotopic (exact) mass is 460 g/mol. The molecule has 2 aromatic carbocycles. The molecular formula is C29H28N6. The van der Waals surface area contributed by atoms with Gasteiger partial charge < -0.3 is 10.2 Å². The van der Waals surface area contributed by atoms with Gasteiger partial charge in [0.2, 0.25) is 0 Å². The van der Waals surface area contributed by atoms with Crippen molar-refractivity contribution in [1.29, 1.82) is 10.5 Å². The quantitative estimate of drug-likeness (QED) is 0.518. The third-order valence-electron chi connectivity index (χ3n) is 6.33. The molecule has 6 heteroatoms. The molecule has 0 spiro atoms. The first-order valence-corrected chi connectivity index (χ1v) is 11.8. The molecule has 0 amide bonds. The van der Waals surface area contributed by atoms with Crippen molar-refractivity contribution in [3.8, 4) is 35.6 Å². The molecule has 35 heavy (non-hydrogen) atoms. The summed E-state index contributed by atoms with van der Waals surface area (Å²) >= 11 is 0. The SMILES string of the molecule is C#CCN(C)c1nc(NC2CCN(Cc3ccccc3)CC2)c(C#N)c(-c2ccccc2)c1C#N. The maximum atomic E-state index is 10.2. The van der Waals surface area contributed by atoms with Gasteiger partial charge in [-0.1, -0.05) is 66.6 Å². The molecule has 1 aromatic heterocycles. The Labute approximate surface area is 207 Å². The van der Waals surface area contributed by atoms with E-state index in [1.807, 2.05) is 43.4 Å². The molecule has 1 fully saturated rings. The summed E-state index contributed by atoms with van der Waals surface area (Å²) in [6.07, 6.45) is 7.42. The highest BCUT2D eigenvalue weighted by Gasteiger charge is 2.26. The van der Waals surface area contributed by atoms with E-state index < -0.39 is 0 Å². The van der Waals surface area contributed by atoms with Crippen LogP contribution in [-0.2, 0) is 6.54 Å². The number of pyridine rings is 1. The van der Waals surface area contributed by atoms with Crippen LogP contribution < -0.4 is 10.2 Å². The number of likely N-dealkylation sites (tertiary alicyclic amines) is 1. The van der Waals surface area contributed by atoms with E-state index in [0.717, 1.165) is 38.0 Å². The standard InChI is InChI=1S/C29H28N6/c1-3-16-34(2)29-26(20-31)27(23-12-8-5-9-13-23)25(19-30)28(33-29)32-24-14-17-35(18-15-24)21-22-10-6-4-7-11-22/h1,4-13,24H,14-18,21H2,2H3,(H,32,33). The summed E-state index contributed by atoms with van der Waals surface area (Å²) < 4.78 is 0. The number of hydrogen-bond acceptors (Lipinski definition) is 6. The Hall–Kier alpha value is -4.31. The van der Waals surface area contributed by atoms with E-state index in [1.54, 1.807) is 4.90 Å². The number of nitrogens with one attached hydrogen (secondary N) is 1. The van der Waals surface area contributed by atoms with Gasteiger partial charge in [-0.05, 0) is 24.0 Å². The molecule has 174 valence electrons. The van der Waals surface area contributed by atoms with E-state index in [1.165, 1.54) is 5.56 Å². The number of terminal acetylenes is 1. The van der Waals surface area contributed by atoms with Crippen LogP contribution in [0.5, 0.6) is 0 Å². The summed E-state index contributed by atoms with van der Waals surface area (Å²) in [5.74, 6) is 3.60. The lowest BCUT2D eigenvalue weighted by atomic mass is 9.95. The first-order valence-electron chi connectivity index (χ1n) is 11.8. The number of benzene rings is 2. The van der Waals surface area contributed by atoms with E-state index in [9.17, 15) is 10.5 Å². The zero-order chi connectivity index (χ0) is 24.6. The normalized spacial score (nSPS) is 13.9. The van der Waals surface area contributed by atoms with Gasteiger partial charge in [-0.3, -0.25) is 4.90 Å². The summed E-state index contributed by atoms with van der Waals surface area (Å²) in [6, 6.07) is 24.8. The second-order valence-electron chi connectivity index (χ2n) is 8.74. The van der Waals surface area contributed by atoms with Crippen molar-refractivity contribution in [1.82, 2.24) is 9.88 Å². The number of nitrogens with zero attached hydrogens (tertiary/aromatic N) is 5. The van der Waals surface area contributed by atoms with Crippen molar-refractivity contribution < 1.29 is 0 Å². The third-order valence-corrected chi connectivity index (χ3v) is 6.33. The van der Waals surface area contributed by atoms with Crippen molar-refractivity contribution in [2.45, 2.75) is 25.4 Å². The highest BCUT2D eigenvalue weighted by Crippen LogP contribution is 2.36. The lowest BCUT2D eigenvalue weighted by molar-refractivity contribution is 0.211. The lowest BCUT2D eigenvalue weighted by Crippen LogP contribution is -2.39. The minimum atomic E-state index is 0.184. The molecular weight excluding hydrogens is 432 g/mol. The number of aromatic nitrogens is 1. The molecule has 0 unspecified atom stereocenters. The molecule has 0 bridgehead atoms. The van der Waals surface area contributed by atoms with Crippen LogP contribution in [0.4, 0.5) is 11.6 Å². The third kappa shape index (κ3) is 5.44. The Morgan fingerprint density at radius 2 is 1.63 bits per heavy atom. The van der Waals surface area contributed by atoms with Crippen LogP contribution in [0.1, 0.15) is 29.5 Å². The lowest BCUT2D eigenvalue weighted by Gasteiger charge is -2.33. The molecule has 0 atom stereocenters. The molecule has 6 nitrogen and oxygen atoms in total. The zero-order valence-electron chi connectivity index (χ0n) is 19.9. The summed E-state index contributed by atoms with van der Waals surface area (Å²) in [6.45, 7) is 3.16. The Kier molecular flexibility index (Phi) is 7.63. The van der Waals surface area contributed by atoms with Crippen LogP contribution in [0, 0.1) is 35.0 Å². The molecule has 1 aliphatic heterocycles. The smallest absolute Gasteiger partial charge is 0.150 e. The topological polar surface area (TPSA) is 79.0 Å². The van der Waals surface area contributed by atoms with Gasteiger partial charge in [0.1, 0.15) is 34.9 Å². The molecule has 1 aliphatic rings. The summed E-state index contributed by atoms with van der Waals surface area (Å²) in [4.78, 5) is 8.99. The summed E-state index contributed by atoms with van der Waals surface area (Å²) in [5.41, 5.74) is 3.45. The fourth-order valence-corrected chi connectivity index (χ4v) is 4.54. The predicted octanol–water partition coefficient (Wildman–Crippen LogP) is 4.64. The highest BCUT2D eigenvalue weighted by molar-refractivity contribution is 5.85. The van der Waals surface area contributed by atoms with Gasteiger partial charge in [-0.2, -0.15) is 10.5 Å². The van der Waals surface area contributed by atoms with Gasteiger partial charge in [-0.25, -0.2) is 4.98 Å². The van der Waals surface area contributed by atoms with E-state index in [4.69, 9.17) is 11.4 Å². The van der Waals surface area contributed by atoms with Gasteiger partial charge in [0.15, 0.2) is 0 Å². The minimum absolute atomic E-state index is 0.184. The van der Waals surface area contributed by atoms with E-state index in [2.05, 4.69) is 52.5 Å². The highest BCUT2D eigenvalue weighted by atomic mass is 15.2. The first-order chi connectivity index (χ1) is 17.1. The Bertz CT molecular complexity index is 1270. The van der Waals surface area contributed by atoms with Crippen molar-refractivity contribution in [3.63, 3.8) is 0 Å². The van der Waals surface area contributed by atoms with Crippen molar-refractivity contribution >= 4 is 11.6 Å². The molecule has 0 radical (unpaired) electrons. The van der Waals surface area contributed by atoms with Crippen molar-refractivity contribution in [2.75, 3.05) is 36.9 Å². The predicted molar refractivity (Wildman–Crippen MR) is 140 cm³/mol. The average molecular weight is 461 g/mol. The number of piperidine rings is 1. The van der Waals surface area contributed by atoms with Crippen LogP contribution >= 0.6 is 0 Å². The molecule has 4 rings (SSSR count). The minimum Gasteiger partial charge on any atom is -0.366 e. The van der Waals surface area contributed by atoms with E-state index in [0.29, 0.717) is 34.9 Å². The second-order valence-corrected chi connectivity index (χ2v) is 8.74. The number of nitriles is 2. The van der Waals surface area contributed by atoms with Crippen LogP contribution in [0.2, 0.25) is 0 Å². The molecule has 3 aromatic rings. The van der Waals surface area contributed by atoms with Crippen molar-refractivity contribution in [2.24, 2.45) is 0 Å². The zero-order valence-corrected chi connectivity index (χ0v) is 19.9. The van der Waals surface area contributed by atoms with E-state index in [-0.39, 0.29) is 6.04 Å². The fraction of sp³-hybridized carbons (Fsp3) is 0.276. The average Bonchev–Trinajstić information content (AvgIpc) is 2.90. The maximum absolute atomic E-state index is 10.2. The van der Waals surface area contributed by atoms with E-state index >= 15 is 0 Å². The number of rotatable bonds is 7. The van der Waals surface area contributed by atoms with Crippen LogP contribution in [0.3, 0.4) is 0 Å². The molecule has 1 saturated heterocycles. The maximum Gasteiger partial charge on any atom is 0.150 e. The Morgan fingerprint density at radius 3 is 2.23 bits per heavy atom. The van der Waals surface area contributed by atoms with Gasteiger partial charge in [0.05, 0.1) is 6.54 Å². The molecule has 0 aliphatic carbocycles. The largest absolute Gasteiger partial charge is 0.366 e. The van der Waals surface area contributed by atoms with Crippen LogP contribution in [0.15, 0.2) is 60.7 Å². The molecule has 0 saturated carbocycles. The second kappa shape index (κ2) is 11.2. The number of anilines is 2. The first kappa shape index (κ1) is 23.8. The Balaban J connectivity index is 1.63. The molecule has 2 heterocycles. The van der Waals surface area contributed by atoms with Gasteiger partial charge in [-0.15, -0.1) is 6.42 Å². The Morgan fingerprint density at radius 1 is 1.00 bits per heavy atom. The molecule has 1 N–H and O–H groups in total. The van der Waals surface area contributed by atoms with Crippen LogP contribution in [0.25, 0.3) is 11.1 Å². The summed E-state index contributed by atoms with van der Waals surface area (Å²) in [7, 11) is 1.82. The fourth-order valence-electron chi connectivity index (χ4n) is 4.54. The van der Waals surface area contributed by atoms with Gasteiger partial charge in [0, 0.05) is 38.3 Å². The van der Waals surface area contributed by atoms with Gasteiger partial charge in [0.25, 0.3) is 0 Å². The summed E-state index contributed by atoms with van der Waals surface area (Å²) in [5, 5.41) is 23.7. The van der Waals surface area contributed by atoms with Crippen molar-refractivity contribution in [3.05, 3.63) is 77.4 Å².